The third-order valence-corrected chi connectivity index (χ3v) is 2.79. The van der Waals surface area contributed by atoms with Gasteiger partial charge in [0.15, 0.2) is 0 Å². The molecule has 0 aliphatic rings. The van der Waals surface area contributed by atoms with Gasteiger partial charge in [-0.25, -0.2) is 9.18 Å². The molecule has 2 rings (SSSR count). The van der Waals surface area contributed by atoms with E-state index < -0.39 is 5.97 Å². The number of anilines is 1. The number of halogens is 1. The molecule has 0 atom stereocenters. The number of aromatic carboxylic acids is 1. The average molecular weight is 263 g/mol. The quantitative estimate of drug-likeness (QED) is 0.888. The van der Waals surface area contributed by atoms with E-state index in [1.807, 2.05) is 0 Å². The predicted molar refractivity (Wildman–Crippen MR) is 68.9 cm³/mol. The fourth-order valence-corrected chi connectivity index (χ4v) is 1.79. The van der Waals surface area contributed by atoms with Crippen molar-refractivity contribution in [3.05, 3.63) is 52.7 Å². The minimum atomic E-state index is -1.08. The zero-order chi connectivity index (χ0) is 14.0. The Kier molecular flexibility index (Phi) is 3.55. The van der Waals surface area contributed by atoms with Crippen LogP contribution in [-0.4, -0.2) is 11.1 Å². The first-order valence-corrected chi connectivity index (χ1v) is 5.80. The molecular formula is C14H14FNO3. The van der Waals surface area contributed by atoms with Gasteiger partial charge in [-0.1, -0.05) is 0 Å². The summed E-state index contributed by atoms with van der Waals surface area (Å²) in [6, 6.07) is 6.36. The summed E-state index contributed by atoms with van der Waals surface area (Å²) in [6.07, 6.45) is 0. The number of benzene rings is 1. The molecular weight excluding hydrogens is 249 g/mol. The van der Waals surface area contributed by atoms with Crippen LogP contribution in [0.4, 0.5) is 10.1 Å². The number of hydrogen-bond donors (Lipinski definition) is 2. The number of carboxylic acids is 1. The Hall–Kier alpha value is -2.30. The smallest absolute Gasteiger partial charge is 0.372 e. The van der Waals surface area contributed by atoms with Crippen LogP contribution in [0.15, 0.2) is 28.7 Å². The van der Waals surface area contributed by atoms with Crippen molar-refractivity contribution in [1.29, 1.82) is 0 Å². The van der Waals surface area contributed by atoms with Crippen molar-refractivity contribution in [2.24, 2.45) is 0 Å². The lowest BCUT2D eigenvalue weighted by atomic mass is 10.2. The normalized spacial score (nSPS) is 10.5. The highest BCUT2D eigenvalue weighted by molar-refractivity contribution is 5.86. The number of aryl methyl sites for hydroxylation is 2. The van der Waals surface area contributed by atoms with Gasteiger partial charge in [-0.2, -0.15) is 0 Å². The van der Waals surface area contributed by atoms with Crippen LogP contribution in [0.2, 0.25) is 0 Å². The van der Waals surface area contributed by atoms with Crippen LogP contribution in [-0.2, 0) is 6.54 Å². The molecule has 1 heterocycles. The molecule has 1 aromatic heterocycles. The molecule has 0 saturated carbocycles. The van der Waals surface area contributed by atoms with Crippen LogP contribution >= 0.6 is 0 Å². The average Bonchev–Trinajstić information content (AvgIpc) is 2.72. The van der Waals surface area contributed by atoms with Crippen LogP contribution in [0.1, 0.15) is 27.4 Å². The van der Waals surface area contributed by atoms with Crippen molar-refractivity contribution in [2.75, 3.05) is 5.32 Å². The fraction of sp³-hybridized carbons (Fsp3) is 0.214. The van der Waals surface area contributed by atoms with E-state index in [1.54, 1.807) is 32.0 Å². The SMILES string of the molecule is Cc1cc(NCc2cc(C)c(C(=O)O)o2)ccc1F. The molecule has 0 radical (unpaired) electrons. The van der Waals surface area contributed by atoms with E-state index in [0.29, 0.717) is 23.4 Å². The molecule has 5 heteroatoms. The topological polar surface area (TPSA) is 62.5 Å². The van der Waals surface area contributed by atoms with E-state index in [4.69, 9.17) is 9.52 Å². The Bertz CT molecular complexity index is 619. The minimum Gasteiger partial charge on any atom is -0.475 e. The highest BCUT2D eigenvalue weighted by atomic mass is 19.1. The van der Waals surface area contributed by atoms with Gasteiger partial charge in [0.1, 0.15) is 11.6 Å². The summed E-state index contributed by atoms with van der Waals surface area (Å²) in [5.74, 6) is -0.863. The molecule has 0 spiro atoms. The third-order valence-electron chi connectivity index (χ3n) is 2.79. The van der Waals surface area contributed by atoms with E-state index in [-0.39, 0.29) is 11.6 Å². The van der Waals surface area contributed by atoms with Gasteiger partial charge in [-0.15, -0.1) is 0 Å². The Labute approximate surface area is 109 Å². The summed E-state index contributed by atoms with van der Waals surface area (Å²) in [6.45, 7) is 3.71. The molecule has 0 aliphatic carbocycles. The van der Waals surface area contributed by atoms with E-state index in [9.17, 15) is 9.18 Å². The third kappa shape index (κ3) is 2.93. The maximum atomic E-state index is 13.1. The minimum absolute atomic E-state index is 0.0490. The summed E-state index contributed by atoms with van der Waals surface area (Å²) >= 11 is 0. The Morgan fingerprint density at radius 2 is 2.05 bits per heavy atom. The second kappa shape index (κ2) is 5.14. The number of furan rings is 1. The molecule has 100 valence electrons. The molecule has 2 aromatic rings. The van der Waals surface area contributed by atoms with Crippen molar-refractivity contribution in [3.8, 4) is 0 Å². The van der Waals surface area contributed by atoms with Gasteiger partial charge in [0.2, 0.25) is 5.76 Å². The predicted octanol–water partition coefficient (Wildman–Crippen LogP) is 3.35. The van der Waals surface area contributed by atoms with E-state index in [2.05, 4.69) is 5.32 Å². The Morgan fingerprint density at radius 1 is 1.32 bits per heavy atom. The number of carbonyl (C=O) groups is 1. The van der Waals surface area contributed by atoms with Gasteiger partial charge in [0.25, 0.3) is 0 Å². The molecule has 0 aliphatic heterocycles. The molecule has 0 saturated heterocycles. The molecule has 2 N–H and O–H groups in total. The van der Waals surface area contributed by atoms with Gasteiger partial charge in [-0.3, -0.25) is 0 Å². The number of carboxylic acid groups (broad SMARTS) is 1. The highest BCUT2D eigenvalue weighted by Gasteiger charge is 2.13. The van der Waals surface area contributed by atoms with E-state index >= 15 is 0 Å². The number of rotatable bonds is 4. The summed E-state index contributed by atoms with van der Waals surface area (Å²) in [4.78, 5) is 10.8. The summed E-state index contributed by atoms with van der Waals surface area (Å²) in [5.41, 5.74) is 1.89. The first-order chi connectivity index (χ1) is 8.97. The molecule has 4 nitrogen and oxygen atoms in total. The zero-order valence-electron chi connectivity index (χ0n) is 10.7. The van der Waals surface area contributed by atoms with Gasteiger partial charge >= 0.3 is 5.97 Å². The zero-order valence-corrected chi connectivity index (χ0v) is 10.7. The monoisotopic (exact) mass is 263 g/mol. The van der Waals surface area contributed by atoms with E-state index in [0.717, 1.165) is 5.69 Å². The van der Waals surface area contributed by atoms with Crippen molar-refractivity contribution in [1.82, 2.24) is 0 Å². The van der Waals surface area contributed by atoms with Crippen LogP contribution < -0.4 is 5.32 Å². The number of hydrogen-bond acceptors (Lipinski definition) is 3. The molecule has 0 unspecified atom stereocenters. The van der Waals surface area contributed by atoms with Gasteiger partial charge in [0, 0.05) is 11.3 Å². The summed E-state index contributed by atoms with van der Waals surface area (Å²) in [5, 5.41) is 11.9. The van der Waals surface area contributed by atoms with Crippen LogP contribution in [0.5, 0.6) is 0 Å². The van der Waals surface area contributed by atoms with Gasteiger partial charge in [0.05, 0.1) is 6.54 Å². The Balaban J connectivity index is 2.08. The largest absolute Gasteiger partial charge is 0.475 e. The second-order valence-corrected chi connectivity index (χ2v) is 4.35. The molecule has 0 fully saturated rings. The van der Waals surface area contributed by atoms with Gasteiger partial charge < -0.3 is 14.8 Å². The van der Waals surface area contributed by atoms with Crippen LogP contribution in [0.25, 0.3) is 0 Å². The van der Waals surface area contributed by atoms with E-state index in [1.165, 1.54) is 6.07 Å². The lowest BCUT2D eigenvalue weighted by Crippen LogP contribution is -1.99. The lowest BCUT2D eigenvalue weighted by molar-refractivity contribution is 0.0659. The standard InChI is InChI=1S/C14H14FNO3/c1-8-5-10(3-4-12(8)15)16-7-11-6-9(2)13(19-11)14(17)18/h3-6,16H,7H2,1-2H3,(H,17,18). The summed E-state index contributed by atoms with van der Waals surface area (Å²) < 4.78 is 18.3. The highest BCUT2D eigenvalue weighted by Crippen LogP contribution is 2.18. The van der Waals surface area contributed by atoms with Crippen molar-refractivity contribution < 1.29 is 18.7 Å². The molecule has 19 heavy (non-hydrogen) atoms. The number of nitrogens with one attached hydrogen (secondary N) is 1. The van der Waals surface area contributed by atoms with Crippen LogP contribution in [0.3, 0.4) is 0 Å². The summed E-state index contributed by atoms with van der Waals surface area (Å²) in [7, 11) is 0. The second-order valence-electron chi connectivity index (χ2n) is 4.35. The molecule has 0 amide bonds. The van der Waals surface area contributed by atoms with Crippen molar-refractivity contribution in [2.45, 2.75) is 20.4 Å². The first kappa shape index (κ1) is 13.1. The molecule has 1 aromatic carbocycles. The van der Waals surface area contributed by atoms with Crippen molar-refractivity contribution in [3.63, 3.8) is 0 Å². The van der Waals surface area contributed by atoms with Crippen LogP contribution in [0, 0.1) is 19.7 Å². The maximum absolute atomic E-state index is 13.1. The fourth-order valence-electron chi connectivity index (χ4n) is 1.79. The van der Waals surface area contributed by atoms with Crippen molar-refractivity contribution >= 4 is 11.7 Å². The van der Waals surface area contributed by atoms with Gasteiger partial charge in [-0.05, 0) is 43.7 Å². The lowest BCUT2D eigenvalue weighted by Gasteiger charge is -2.05. The molecule has 0 bridgehead atoms. The maximum Gasteiger partial charge on any atom is 0.372 e. The first-order valence-electron chi connectivity index (χ1n) is 5.80. The Morgan fingerprint density at radius 3 is 2.63 bits per heavy atom.